The highest BCUT2D eigenvalue weighted by atomic mass is 16.3. The number of rotatable bonds is 8. The number of carbonyl (C=O) groups excluding carboxylic acids is 1. The van der Waals surface area contributed by atoms with Gasteiger partial charge in [-0.15, -0.1) is 5.10 Å². The molecule has 1 saturated heterocycles. The lowest BCUT2D eigenvalue weighted by Crippen LogP contribution is -2.38. The first-order chi connectivity index (χ1) is 11.9. The summed E-state index contributed by atoms with van der Waals surface area (Å²) in [5, 5.41) is 40.5. The Hall–Kier alpha value is -1.55. The maximum absolute atomic E-state index is 12.3. The number of nitrogens with one attached hydrogen (secondary N) is 1. The molecule has 2 heterocycles. The maximum atomic E-state index is 12.3. The molecule has 2 rings (SSSR count). The minimum Gasteiger partial charge on any atom is -0.395 e. The standard InChI is InChI=1S/C16H29N5O4/c1-4-5-6-7-12-13(16(25)20(2)3)18-19-21(12)8-10-14(23)15(24)11(9-22)17-10/h10-11,14-15,17,22-24H,4-9H2,1-3H3/t10-,11-,14-,15-/m1/s1. The van der Waals surface area contributed by atoms with Crippen molar-refractivity contribution < 1.29 is 20.1 Å². The molecule has 4 atom stereocenters. The van der Waals surface area contributed by atoms with Crippen LogP contribution < -0.4 is 5.32 Å². The lowest BCUT2D eigenvalue weighted by Gasteiger charge is -2.17. The van der Waals surface area contributed by atoms with Gasteiger partial charge in [0.1, 0.15) is 0 Å². The van der Waals surface area contributed by atoms with Gasteiger partial charge in [-0.3, -0.25) is 4.79 Å². The third kappa shape index (κ3) is 4.35. The van der Waals surface area contributed by atoms with Gasteiger partial charge < -0.3 is 25.5 Å². The van der Waals surface area contributed by atoms with E-state index in [1.54, 1.807) is 18.8 Å². The zero-order valence-electron chi connectivity index (χ0n) is 15.1. The van der Waals surface area contributed by atoms with Crippen LogP contribution in [0.15, 0.2) is 0 Å². The Morgan fingerprint density at radius 1 is 1.24 bits per heavy atom. The summed E-state index contributed by atoms with van der Waals surface area (Å²) in [6.07, 6.45) is 1.63. The molecule has 1 aromatic heterocycles. The summed E-state index contributed by atoms with van der Waals surface area (Å²) in [6.45, 7) is 2.11. The van der Waals surface area contributed by atoms with Crippen molar-refractivity contribution in [1.29, 1.82) is 0 Å². The van der Waals surface area contributed by atoms with Gasteiger partial charge in [-0.25, -0.2) is 4.68 Å². The molecule has 0 radical (unpaired) electrons. The van der Waals surface area contributed by atoms with E-state index in [-0.39, 0.29) is 19.1 Å². The van der Waals surface area contributed by atoms with Crippen molar-refractivity contribution in [1.82, 2.24) is 25.2 Å². The van der Waals surface area contributed by atoms with Crippen LogP contribution in [0.3, 0.4) is 0 Å². The molecule has 0 aliphatic carbocycles. The number of aliphatic hydroxyl groups is 3. The zero-order chi connectivity index (χ0) is 18.6. The van der Waals surface area contributed by atoms with Crippen LogP contribution in [0, 0.1) is 0 Å². The smallest absolute Gasteiger partial charge is 0.275 e. The fraction of sp³-hybridized carbons (Fsp3) is 0.812. The second-order valence-electron chi connectivity index (χ2n) is 6.77. The van der Waals surface area contributed by atoms with E-state index in [0.717, 1.165) is 25.0 Å². The molecule has 0 saturated carbocycles. The van der Waals surface area contributed by atoms with Crippen molar-refractivity contribution in [2.45, 2.75) is 63.4 Å². The van der Waals surface area contributed by atoms with Crippen molar-refractivity contribution in [3.05, 3.63) is 11.4 Å². The van der Waals surface area contributed by atoms with E-state index < -0.39 is 24.3 Å². The Morgan fingerprint density at radius 2 is 1.92 bits per heavy atom. The third-order valence-corrected chi connectivity index (χ3v) is 4.63. The number of aliphatic hydroxyl groups excluding tert-OH is 3. The Bertz CT molecular complexity index is 577. The fourth-order valence-corrected chi connectivity index (χ4v) is 3.10. The maximum Gasteiger partial charge on any atom is 0.275 e. The molecule has 9 nitrogen and oxygen atoms in total. The average molecular weight is 355 g/mol. The summed E-state index contributed by atoms with van der Waals surface area (Å²) < 4.78 is 1.62. The third-order valence-electron chi connectivity index (χ3n) is 4.63. The van der Waals surface area contributed by atoms with E-state index in [9.17, 15) is 20.1 Å². The Labute approximate surface area is 147 Å². The molecule has 142 valence electrons. The molecule has 9 heteroatoms. The quantitative estimate of drug-likeness (QED) is 0.430. The lowest BCUT2D eigenvalue weighted by atomic mass is 10.1. The molecule has 0 unspecified atom stereocenters. The highest BCUT2D eigenvalue weighted by Crippen LogP contribution is 2.18. The Balaban J connectivity index is 2.20. The summed E-state index contributed by atoms with van der Waals surface area (Å²) in [6, 6.07) is -1.05. The van der Waals surface area contributed by atoms with Crippen LogP contribution in [0.2, 0.25) is 0 Å². The SMILES string of the molecule is CCCCCc1c(C(=O)N(C)C)nnn1C[C@H]1N[C@H](CO)[C@@H](O)[C@@H]1O. The van der Waals surface area contributed by atoms with Gasteiger partial charge in [0, 0.05) is 14.1 Å². The van der Waals surface area contributed by atoms with E-state index >= 15 is 0 Å². The molecular weight excluding hydrogens is 326 g/mol. The van der Waals surface area contributed by atoms with Gasteiger partial charge in [-0.05, 0) is 12.8 Å². The van der Waals surface area contributed by atoms with Gasteiger partial charge >= 0.3 is 0 Å². The first kappa shape index (κ1) is 19.8. The summed E-state index contributed by atoms with van der Waals surface area (Å²) in [5.41, 5.74) is 1.07. The van der Waals surface area contributed by atoms with E-state index in [1.807, 2.05) is 0 Å². The van der Waals surface area contributed by atoms with Crippen LogP contribution in [0.4, 0.5) is 0 Å². The highest BCUT2D eigenvalue weighted by molar-refractivity contribution is 5.92. The number of carbonyl (C=O) groups is 1. The summed E-state index contributed by atoms with van der Waals surface area (Å²) in [5.74, 6) is -0.203. The number of amides is 1. The van der Waals surface area contributed by atoms with Crippen LogP contribution in [0.1, 0.15) is 42.4 Å². The van der Waals surface area contributed by atoms with Gasteiger partial charge in [0.15, 0.2) is 5.69 Å². The van der Waals surface area contributed by atoms with Crippen molar-refractivity contribution in [3.63, 3.8) is 0 Å². The van der Waals surface area contributed by atoms with E-state index in [1.165, 1.54) is 4.90 Å². The first-order valence-corrected chi connectivity index (χ1v) is 8.77. The Morgan fingerprint density at radius 3 is 2.48 bits per heavy atom. The van der Waals surface area contributed by atoms with Crippen molar-refractivity contribution in [3.8, 4) is 0 Å². The second-order valence-corrected chi connectivity index (χ2v) is 6.77. The monoisotopic (exact) mass is 355 g/mol. The first-order valence-electron chi connectivity index (χ1n) is 8.77. The summed E-state index contributed by atoms with van der Waals surface area (Å²) in [4.78, 5) is 13.8. The summed E-state index contributed by atoms with van der Waals surface area (Å²) >= 11 is 0. The molecule has 0 aromatic carbocycles. The van der Waals surface area contributed by atoms with E-state index in [4.69, 9.17) is 0 Å². The minimum atomic E-state index is -1.04. The normalized spacial score (nSPS) is 26.2. The van der Waals surface area contributed by atoms with Crippen LogP contribution in [-0.4, -0.2) is 86.1 Å². The summed E-state index contributed by atoms with van der Waals surface area (Å²) in [7, 11) is 3.34. The highest BCUT2D eigenvalue weighted by Gasteiger charge is 2.41. The number of hydrogen-bond acceptors (Lipinski definition) is 7. The average Bonchev–Trinajstić information content (AvgIpc) is 3.10. The molecule has 1 aromatic rings. The topological polar surface area (TPSA) is 124 Å². The van der Waals surface area contributed by atoms with Gasteiger partial charge in [0.25, 0.3) is 5.91 Å². The molecule has 0 bridgehead atoms. The lowest BCUT2D eigenvalue weighted by molar-refractivity contribution is 0.0174. The fourth-order valence-electron chi connectivity index (χ4n) is 3.10. The molecule has 1 amide bonds. The zero-order valence-corrected chi connectivity index (χ0v) is 15.1. The van der Waals surface area contributed by atoms with Gasteiger partial charge in [0.05, 0.1) is 43.1 Å². The molecule has 1 fully saturated rings. The predicted molar refractivity (Wildman–Crippen MR) is 91.1 cm³/mol. The van der Waals surface area contributed by atoms with E-state index in [0.29, 0.717) is 12.1 Å². The van der Waals surface area contributed by atoms with Gasteiger partial charge in [-0.2, -0.15) is 0 Å². The van der Waals surface area contributed by atoms with E-state index in [2.05, 4.69) is 22.6 Å². The minimum absolute atomic E-state index is 0.203. The van der Waals surface area contributed by atoms with Gasteiger partial charge in [0.2, 0.25) is 0 Å². The molecule has 1 aliphatic heterocycles. The van der Waals surface area contributed by atoms with Crippen LogP contribution in [-0.2, 0) is 13.0 Å². The van der Waals surface area contributed by atoms with Gasteiger partial charge in [-0.1, -0.05) is 25.0 Å². The number of hydrogen-bond donors (Lipinski definition) is 4. The largest absolute Gasteiger partial charge is 0.395 e. The predicted octanol–water partition coefficient (Wildman–Crippen LogP) is -1.23. The number of unbranched alkanes of at least 4 members (excludes halogenated alkanes) is 2. The van der Waals surface area contributed by atoms with Crippen LogP contribution >= 0.6 is 0 Å². The van der Waals surface area contributed by atoms with Crippen molar-refractivity contribution in [2.75, 3.05) is 20.7 Å². The molecule has 25 heavy (non-hydrogen) atoms. The van der Waals surface area contributed by atoms with Crippen LogP contribution in [0.25, 0.3) is 0 Å². The molecule has 4 N–H and O–H groups in total. The molecule has 1 aliphatic rings. The van der Waals surface area contributed by atoms with Crippen molar-refractivity contribution in [2.24, 2.45) is 0 Å². The van der Waals surface area contributed by atoms with Crippen molar-refractivity contribution >= 4 is 5.91 Å². The Kier molecular flexibility index (Phi) is 6.88. The molecule has 0 spiro atoms. The van der Waals surface area contributed by atoms with Crippen LogP contribution in [0.5, 0.6) is 0 Å². The second kappa shape index (κ2) is 8.70. The number of nitrogens with zero attached hydrogens (tertiary/aromatic N) is 4. The molecular formula is C16H29N5O4. The number of aromatic nitrogens is 3.